The Kier molecular flexibility index (Phi) is 4.48. The fraction of sp³-hybridized carbons (Fsp3) is 0.278. The number of nitrogens with one attached hydrogen (secondary N) is 1. The third-order valence-electron chi connectivity index (χ3n) is 4.26. The number of pyridine rings is 1. The summed E-state index contributed by atoms with van der Waals surface area (Å²) in [5.41, 5.74) is 1.66. The first kappa shape index (κ1) is 15.4. The lowest BCUT2D eigenvalue weighted by Crippen LogP contribution is -3.14. The summed E-state index contributed by atoms with van der Waals surface area (Å²) in [6.07, 6.45) is 2.82. The van der Waals surface area contributed by atoms with Crippen LogP contribution < -0.4 is 9.80 Å². The van der Waals surface area contributed by atoms with Gasteiger partial charge in [0, 0.05) is 18.3 Å². The number of likely N-dealkylation sites (N-methyl/N-ethyl adjacent to an activating group) is 1. The van der Waals surface area contributed by atoms with Crippen molar-refractivity contribution in [3.63, 3.8) is 0 Å². The topological polar surface area (TPSA) is 54.7 Å². The van der Waals surface area contributed by atoms with Crippen molar-refractivity contribution in [1.29, 1.82) is 0 Å². The average Bonchev–Trinajstić information content (AvgIpc) is 2.89. The number of hydrogen-bond acceptors (Lipinski definition) is 3. The Morgan fingerprint density at radius 3 is 2.57 bits per heavy atom. The molecule has 0 bridgehead atoms. The van der Waals surface area contributed by atoms with Crippen LogP contribution >= 0.6 is 0 Å². The lowest BCUT2D eigenvalue weighted by atomic mass is 10.2. The zero-order valence-corrected chi connectivity index (χ0v) is 13.1. The van der Waals surface area contributed by atoms with Crippen LogP contribution in [0.2, 0.25) is 0 Å². The van der Waals surface area contributed by atoms with Crippen molar-refractivity contribution in [3.8, 4) is 0 Å². The van der Waals surface area contributed by atoms with E-state index >= 15 is 0 Å². The zero-order valence-electron chi connectivity index (χ0n) is 13.1. The van der Waals surface area contributed by atoms with Crippen molar-refractivity contribution in [3.05, 3.63) is 60.4 Å². The van der Waals surface area contributed by atoms with E-state index in [1.807, 2.05) is 43.4 Å². The number of carbonyl (C=O) groups excluding carboxylic acids is 2. The fourth-order valence-electron chi connectivity index (χ4n) is 2.91. The van der Waals surface area contributed by atoms with Gasteiger partial charge in [0.25, 0.3) is 5.91 Å². The molecule has 1 N–H and O–H groups in total. The van der Waals surface area contributed by atoms with Crippen molar-refractivity contribution in [2.75, 3.05) is 18.5 Å². The van der Waals surface area contributed by atoms with Gasteiger partial charge >= 0.3 is 0 Å². The molecule has 1 aliphatic rings. The van der Waals surface area contributed by atoms with E-state index in [0.29, 0.717) is 5.69 Å². The van der Waals surface area contributed by atoms with E-state index in [4.69, 9.17) is 0 Å². The molecule has 23 heavy (non-hydrogen) atoms. The quantitative estimate of drug-likeness (QED) is 0.817. The van der Waals surface area contributed by atoms with Crippen LogP contribution in [0, 0.1) is 0 Å². The van der Waals surface area contributed by atoms with Gasteiger partial charge in [-0.2, -0.15) is 0 Å². The van der Waals surface area contributed by atoms with Gasteiger partial charge in [-0.05, 0) is 24.3 Å². The highest BCUT2D eigenvalue weighted by Crippen LogP contribution is 2.21. The smallest absolute Gasteiger partial charge is 0.292 e. The van der Waals surface area contributed by atoms with Crippen LogP contribution in [0.4, 0.5) is 5.69 Å². The minimum absolute atomic E-state index is 0.111. The van der Waals surface area contributed by atoms with Crippen LogP contribution in [0.25, 0.3) is 0 Å². The van der Waals surface area contributed by atoms with E-state index in [0.717, 1.165) is 23.6 Å². The van der Waals surface area contributed by atoms with E-state index in [1.165, 1.54) is 4.90 Å². The Balaban J connectivity index is 1.67. The van der Waals surface area contributed by atoms with Crippen molar-refractivity contribution < 1.29 is 14.5 Å². The molecular formula is C18H20N3O2+. The Labute approximate surface area is 135 Å². The molecule has 5 heteroatoms. The van der Waals surface area contributed by atoms with Gasteiger partial charge in [0.2, 0.25) is 5.91 Å². The van der Waals surface area contributed by atoms with Gasteiger partial charge in [0.05, 0.1) is 25.7 Å². The highest BCUT2D eigenvalue weighted by Gasteiger charge is 2.44. The van der Waals surface area contributed by atoms with E-state index in [-0.39, 0.29) is 24.3 Å². The molecule has 0 saturated carbocycles. The number of rotatable bonds is 5. The second-order valence-electron chi connectivity index (χ2n) is 5.83. The molecule has 0 aliphatic carbocycles. The van der Waals surface area contributed by atoms with E-state index < -0.39 is 0 Å². The molecule has 2 unspecified atom stereocenters. The molecule has 0 spiro atoms. The monoisotopic (exact) mass is 310 g/mol. The molecule has 1 aromatic heterocycles. The summed E-state index contributed by atoms with van der Waals surface area (Å²) >= 11 is 0. The second-order valence-corrected chi connectivity index (χ2v) is 5.83. The third kappa shape index (κ3) is 3.29. The summed E-state index contributed by atoms with van der Waals surface area (Å²) in [5.74, 6) is -0.233. The lowest BCUT2D eigenvalue weighted by Gasteiger charge is -2.20. The van der Waals surface area contributed by atoms with Crippen LogP contribution in [0.3, 0.4) is 0 Å². The van der Waals surface area contributed by atoms with Crippen LogP contribution in [-0.2, 0) is 16.0 Å². The molecule has 118 valence electrons. The molecule has 1 fully saturated rings. The molecule has 3 rings (SSSR count). The minimum Gasteiger partial charge on any atom is -0.326 e. The molecule has 5 nitrogen and oxygen atoms in total. The van der Waals surface area contributed by atoms with Crippen LogP contribution in [0.5, 0.6) is 0 Å². The molecule has 1 aromatic carbocycles. The number of imide groups is 1. The fourth-order valence-corrected chi connectivity index (χ4v) is 2.91. The van der Waals surface area contributed by atoms with Gasteiger partial charge in [0.1, 0.15) is 0 Å². The molecule has 2 atom stereocenters. The van der Waals surface area contributed by atoms with Crippen molar-refractivity contribution in [2.45, 2.75) is 18.9 Å². The second kappa shape index (κ2) is 6.71. The summed E-state index contributed by atoms with van der Waals surface area (Å²) in [6.45, 7) is 0.767. The number of quaternary nitrogens is 1. The molecule has 1 aliphatic heterocycles. The predicted molar refractivity (Wildman–Crippen MR) is 87.0 cm³/mol. The van der Waals surface area contributed by atoms with Crippen molar-refractivity contribution in [1.82, 2.24) is 4.98 Å². The van der Waals surface area contributed by atoms with Gasteiger partial charge < -0.3 is 4.90 Å². The van der Waals surface area contributed by atoms with Gasteiger partial charge in [-0.15, -0.1) is 0 Å². The van der Waals surface area contributed by atoms with E-state index in [9.17, 15) is 9.59 Å². The number of amides is 2. The average molecular weight is 310 g/mol. The molecule has 2 aromatic rings. The largest absolute Gasteiger partial charge is 0.326 e. The Hall–Kier alpha value is -2.53. The number of hydrogen-bond donors (Lipinski definition) is 1. The Morgan fingerprint density at radius 1 is 1.13 bits per heavy atom. The van der Waals surface area contributed by atoms with Gasteiger partial charge in [0.15, 0.2) is 6.04 Å². The summed E-state index contributed by atoms with van der Waals surface area (Å²) < 4.78 is 0. The summed E-state index contributed by atoms with van der Waals surface area (Å²) in [5, 5.41) is 0. The molecular weight excluding hydrogens is 290 g/mol. The maximum atomic E-state index is 12.6. The third-order valence-corrected chi connectivity index (χ3v) is 4.26. The van der Waals surface area contributed by atoms with Crippen LogP contribution in [0.1, 0.15) is 12.1 Å². The molecule has 0 radical (unpaired) electrons. The first-order valence-corrected chi connectivity index (χ1v) is 7.81. The summed E-state index contributed by atoms with van der Waals surface area (Å²) in [4.78, 5) is 31.6. The highest BCUT2D eigenvalue weighted by atomic mass is 16.2. The first-order chi connectivity index (χ1) is 11.2. The standard InChI is InChI=1S/C18H19N3O2/c1-20(12-10-14-7-5-6-11-19-14)16-13-17(22)21(18(16)23)15-8-3-2-4-9-15/h2-9,11,16H,10,12-13H2,1H3/p+1. The van der Waals surface area contributed by atoms with Gasteiger partial charge in [-0.25, -0.2) is 4.90 Å². The molecule has 2 heterocycles. The number of nitrogens with zero attached hydrogens (tertiary/aromatic N) is 2. The van der Waals surface area contributed by atoms with E-state index in [2.05, 4.69) is 4.98 Å². The van der Waals surface area contributed by atoms with Crippen LogP contribution in [-0.4, -0.2) is 36.4 Å². The Bertz CT molecular complexity index is 688. The van der Waals surface area contributed by atoms with Crippen molar-refractivity contribution >= 4 is 17.5 Å². The highest BCUT2D eigenvalue weighted by molar-refractivity contribution is 6.21. The Morgan fingerprint density at radius 2 is 1.87 bits per heavy atom. The normalized spacial score (nSPS) is 19.2. The maximum absolute atomic E-state index is 12.6. The van der Waals surface area contributed by atoms with Crippen molar-refractivity contribution in [2.24, 2.45) is 0 Å². The van der Waals surface area contributed by atoms with Gasteiger partial charge in [-0.3, -0.25) is 14.6 Å². The maximum Gasteiger partial charge on any atom is 0.292 e. The number of anilines is 1. The number of aromatic nitrogens is 1. The predicted octanol–water partition coefficient (Wildman–Crippen LogP) is 0.471. The molecule has 2 amide bonds. The number of para-hydroxylation sites is 1. The summed E-state index contributed by atoms with van der Waals surface area (Å²) in [7, 11) is 1.97. The first-order valence-electron chi connectivity index (χ1n) is 7.81. The zero-order chi connectivity index (χ0) is 16.2. The minimum atomic E-state index is -0.314. The van der Waals surface area contributed by atoms with Crippen LogP contribution in [0.15, 0.2) is 54.7 Å². The molecule has 1 saturated heterocycles. The number of carbonyl (C=O) groups is 2. The number of benzene rings is 1. The van der Waals surface area contributed by atoms with E-state index in [1.54, 1.807) is 18.3 Å². The van der Waals surface area contributed by atoms with Gasteiger partial charge in [-0.1, -0.05) is 24.3 Å². The summed E-state index contributed by atoms with van der Waals surface area (Å²) in [6, 6.07) is 14.6. The SMILES string of the molecule is C[NH+](CCc1ccccn1)C1CC(=O)N(c2ccccc2)C1=O. The lowest BCUT2D eigenvalue weighted by molar-refractivity contribution is -0.894.